The third-order valence-corrected chi connectivity index (χ3v) is 1.91. The lowest BCUT2D eigenvalue weighted by atomic mass is 10.0. The Bertz CT molecular complexity index is 95.4. The van der Waals surface area contributed by atoms with E-state index in [9.17, 15) is 0 Å². The van der Waals surface area contributed by atoms with Crippen LogP contribution in [0.5, 0.6) is 0 Å². The molecule has 0 heterocycles. The molecule has 0 aromatic heterocycles. The molecule has 0 atom stereocenters. The molecule has 0 amide bonds. The first-order valence-electron chi connectivity index (χ1n) is 3.68. The van der Waals surface area contributed by atoms with Crippen LogP contribution < -0.4 is 0 Å². The lowest BCUT2D eigenvalue weighted by Gasteiger charge is -2.34. The summed E-state index contributed by atoms with van der Waals surface area (Å²) in [4.78, 5) is 4.45. The fourth-order valence-corrected chi connectivity index (χ4v) is 0.915. The van der Waals surface area contributed by atoms with Crippen molar-refractivity contribution < 1.29 is 0 Å². The van der Waals surface area contributed by atoms with E-state index in [1.54, 1.807) is 0 Å². The molecule has 0 aliphatic heterocycles. The average molecular weight is 144 g/mol. The summed E-state index contributed by atoms with van der Waals surface area (Å²) in [5, 5.41) is 0. The molecule has 0 spiro atoms. The summed E-state index contributed by atoms with van der Waals surface area (Å²) in [6.07, 6.45) is 0. The zero-order valence-electron chi connectivity index (χ0n) is 8.10. The van der Waals surface area contributed by atoms with E-state index < -0.39 is 0 Å². The maximum Gasteiger partial charge on any atom is 0.0273 e. The van der Waals surface area contributed by atoms with E-state index in [2.05, 4.69) is 51.8 Å². The summed E-state index contributed by atoms with van der Waals surface area (Å²) in [7, 11) is 8.43. The normalized spacial score (nSPS) is 13.2. The third-order valence-electron chi connectivity index (χ3n) is 1.91. The van der Waals surface area contributed by atoms with Gasteiger partial charge < -0.3 is 9.80 Å². The third kappa shape index (κ3) is 3.18. The molecular formula is C8H20N2. The fourth-order valence-electron chi connectivity index (χ4n) is 0.915. The van der Waals surface area contributed by atoms with Crippen molar-refractivity contribution >= 4 is 0 Å². The van der Waals surface area contributed by atoms with Gasteiger partial charge in [-0.1, -0.05) is 0 Å². The number of rotatable bonds is 3. The van der Waals surface area contributed by atoms with E-state index in [1.165, 1.54) is 0 Å². The molecule has 0 N–H and O–H groups in total. The molecule has 0 aliphatic carbocycles. The van der Waals surface area contributed by atoms with Gasteiger partial charge in [-0.15, -0.1) is 0 Å². The van der Waals surface area contributed by atoms with Gasteiger partial charge in [-0.25, -0.2) is 0 Å². The Labute approximate surface area is 64.8 Å². The molecule has 2 heteroatoms. The topological polar surface area (TPSA) is 6.48 Å². The van der Waals surface area contributed by atoms with Crippen LogP contribution >= 0.6 is 0 Å². The molecular weight excluding hydrogens is 124 g/mol. The van der Waals surface area contributed by atoms with Crippen molar-refractivity contribution in [3.63, 3.8) is 0 Å². The molecule has 0 fully saturated rings. The molecule has 0 saturated heterocycles. The molecule has 0 aliphatic rings. The standard InChI is InChI=1S/C8H20N2/c1-8(2,10(5)6)7-9(3)4/h7H2,1-6H3. The van der Waals surface area contributed by atoms with Crippen LogP contribution in [0.3, 0.4) is 0 Å². The minimum absolute atomic E-state index is 0.281. The molecule has 62 valence electrons. The van der Waals surface area contributed by atoms with Gasteiger partial charge in [0, 0.05) is 12.1 Å². The highest BCUT2D eigenvalue weighted by atomic mass is 15.2. The van der Waals surface area contributed by atoms with Crippen LogP contribution in [-0.2, 0) is 0 Å². The average Bonchev–Trinajstić information content (AvgIpc) is 1.60. The van der Waals surface area contributed by atoms with Gasteiger partial charge in [0.15, 0.2) is 0 Å². The van der Waals surface area contributed by atoms with Crippen LogP contribution in [0.2, 0.25) is 0 Å². The molecule has 0 aromatic rings. The second-order valence-electron chi connectivity index (χ2n) is 3.94. The molecule has 0 unspecified atom stereocenters. The van der Waals surface area contributed by atoms with E-state index in [-0.39, 0.29) is 5.54 Å². The van der Waals surface area contributed by atoms with Crippen molar-refractivity contribution in [3.05, 3.63) is 0 Å². The minimum Gasteiger partial charge on any atom is -0.308 e. The molecule has 0 aromatic carbocycles. The Balaban J connectivity index is 3.87. The fraction of sp³-hybridized carbons (Fsp3) is 1.00. The summed E-state index contributed by atoms with van der Waals surface area (Å²) >= 11 is 0. The molecule has 0 rings (SSSR count). The number of hydrogen-bond donors (Lipinski definition) is 0. The van der Waals surface area contributed by atoms with Crippen LogP contribution in [0, 0.1) is 0 Å². The lowest BCUT2D eigenvalue weighted by Crippen LogP contribution is -2.46. The van der Waals surface area contributed by atoms with Gasteiger partial charge in [0.2, 0.25) is 0 Å². The van der Waals surface area contributed by atoms with Gasteiger partial charge in [0.05, 0.1) is 0 Å². The Morgan fingerprint density at radius 3 is 1.50 bits per heavy atom. The molecule has 0 radical (unpaired) electrons. The zero-order valence-corrected chi connectivity index (χ0v) is 8.10. The highest BCUT2D eigenvalue weighted by molar-refractivity contribution is 4.78. The molecule has 0 bridgehead atoms. The number of likely N-dealkylation sites (N-methyl/N-ethyl adjacent to an activating group) is 2. The van der Waals surface area contributed by atoms with E-state index >= 15 is 0 Å². The number of nitrogens with zero attached hydrogens (tertiary/aromatic N) is 2. The summed E-state index contributed by atoms with van der Waals surface area (Å²) in [5.74, 6) is 0. The first-order chi connectivity index (χ1) is 4.36. The minimum atomic E-state index is 0.281. The first kappa shape index (κ1) is 9.92. The number of hydrogen-bond acceptors (Lipinski definition) is 2. The quantitative estimate of drug-likeness (QED) is 0.580. The smallest absolute Gasteiger partial charge is 0.0273 e. The lowest BCUT2D eigenvalue weighted by molar-refractivity contribution is 0.148. The molecule has 2 nitrogen and oxygen atoms in total. The van der Waals surface area contributed by atoms with Crippen LogP contribution in [-0.4, -0.2) is 50.1 Å². The molecule has 10 heavy (non-hydrogen) atoms. The Hall–Kier alpha value is -0.0800. The van der Waals surface area contributed by atoms with E-state index in [1.807, 2.05) is 0 Å². The second kappa shape index (κ2) is 3.35. The van der Waals surface area contributed by atoms with Gasteiger partial charge in [-0.3, -0.25) is 0 Å². The van der Waals surface area contributed by atoms with Crippen molar-refractivity contribution in [2.45, 2.75) is 19.4 Å². The van der Waals surface area contributed by atoms with Crippen LogP contribution in [0.25, 0.3) is 0 Å². The van der Waals surface area contributed by atoms with Gasteiger partial charge in [-0.05, 0) is 42.0 Å². The van der Waals surface area contributed by atoms with Gasteiger partial charge in [-0.2, -0.15) is 0 Å². The van der Waals surface area contributed by atoms with Gasteiger partial charge in [0.1, 0.15) is 0 Å². The second-order valence-corrected chi connectivity index (χ2v) is 3.94. The largest absolute Gasteiger partial charge is 0.308 e. The van der Waals surface area contributed by atoms with Crippen molar-refractivity contribution in [2.75, 3.05) is 34.7 Å². The van der Waals surface area contributed by atoms with Gasteiger partial charge >= 0.3 is 0 Å². The summed E-state index contributed by atoms with van der Waals surface area (Å²) in [6.45, 7) is 5.58. The summed E-state index contributed by atoms with van der Waals surface area (Å²) in [6, 6.07) is 0. The van der Waals surface area contributed by atoms with E-state index in [0.717, 1.165) is 6.54 Å². The van der Waals surface area contributed by atoms with E-state index in [0.29, 0.717) is 0 Å². The van der Waals surface area contributed by atoms with Crippen molar-refractivity contribution in [3.8, 4) is 0 Å². The van der Waals surface area contributed by atoms with Crippen LogP contribution in [0.1, 0.15) is 13.8 Å². The maximum absolute atomic E-state index is 2.24. The highest BCUT2D eigenvalue weighted by Crippen LogP contribution is 2.09. The Kier molecular flexibility index (Phi) is 3.33. The predicted octanol–water partition coefficient (Wildman–Crippen LogP) is 0.888. The summed E-state index contributed by atoms with van der Waals surface area (Å²) in [5.41, 5.74) is 0.281. The SMILES string of the molecule is CN(C)CC(C)(C)N(C)C. The van der Waals surface area contributed by atoms with Crippen molar-refractivity contribution in [1.82, 2.24) is 9.80 Å². The molecule has 0 saturated carbocycles. The maximum atomic E-state index is 2.24. The van der Waals surface area contributed by atoms with Crippen LogP contribution in [0.15, 0.2) is 0 Å². The monoisotopic (exact) mass is 144 g/mol. The Morgan fingerprint density at radius 1 is 1.00 bits per heavy atom. The zero-order chi connectivity index (χ0) is 8.36. The Morgan fingerprint density at radius 2 is 1.40 bits per heavy atom. The predicted molar refractivity (Wildman–Crippen MR) is 46.3 cm³/mol. The van der Waals surface area contributed by atoms with Crippen molar-refractivity contribution in [2.24, 2.45) is 0 Å². The van der Waals surface area contributed by atoms with Crippen molar-refractivity contribution in [1.29, 1.82) is 0 Å². The van der Waals surface area contributed by atoms with Gasteiger partial charge in [0.25, 0.3) is 0 Å². The van der Waals surface area contributed by atoms with Crippen LogP contribution in [0.4, 0.5) is 0 Å². The van der Waals surface area contributed by atoms with E-state index in [4.69, 9.17) is 0 Å². The highest BCUT2D eigenvalue weighted by Gasteiger charge is 2.20. The first-order valence-corrected chi connectivity index (χ1v) is 3.68. The summed E-state index contributed by atoms with van der Waals surface area (Å²) < 4.78 is 0.